The van der Waals surface area contributed by atoms with Gasteiger partial charge in [0.25, 0.3) is 11.5 Å². The molecule has 0 fully saturated rings. The molecule has 8 heteroatoms. The molecule has 0 atom stereocenters. The first-order valence-corrected chi connectivity index (χ1v) is 9.29. The highest BCUT2D eigenvalue weighted by atomic mass is 16.2. The number of hydrogen-bond donors (Lipinski definition) is 1. The van der Waals surface area contributed by atoms with Crippen molar-refractivity contribution in [2.75, 3.05) is 5.32 Å². The summed E-state index contributed by atoms with van der Waals surface area (Å²) in [6.45, 7) is 4.44. The van der Waals surface area contributed by atoms with E-state index in [9.17, 15) is 9.59 Å². The van der Waals surface area contributed by atoms with Gasteiger partial charge in [-0.3, -0.25) is 9.59 Å². The minimum Gasteiger partial charge on any atom is -0.321 e. The van der Waals surface area contributed by atoms with Crippen LogP contribution in [-0.2, 0) is 6.54 Å². The highest BCUT2D eigenvalue weighted by Crippen LogP contribution is 2.17. The zero-order chi connectivity index (χ0) is 20.4. The first-order valence-electron chi connectivity index (χ1n) is 9.29. The number of aromatic nitrogens is 5. The summed E-state index contributed by atoms with van der Waals surface area (Å²) in [6, 6.07) is 14.3. The zero-order valence-electron chi connectivity index (χ0n) is 16.1. The van der Waals surface area contributed by atoms with Gasteiger partial charge in [-0.05, 0) is 36.2 Å². The second-order valence-electron chi connectivity index (χ2n) is 7.12. The lowest BCUT2D eigenvalue weighted by atomic mass is 10.1. The number of rotatable bonds is 5. The Morgan fingerprint density at radius 2 is 1.79 bits per heavy atom. The van der Waals surface area contributed by atoms with Crippen LogP contribution in [0.4, 0.5) is 5.69 Å². The summed E-state index contributed by atoms with van der Waals surface area (Å²) in [4.78, 5) is 29.6. The van der Waals surface area contributed by atoms with Crippen molar-refractivity contribution in [2.24, 2.45) is 5.92 Å². The van der Waals surface area contributed by atoms with Crippen LogP contribution in [0.2, 0.25) is 0 Å². The lowest BCUT2D eigenvalue weighted by Gasteiger charge is -2.13. The fraction of sp³-hybridized carbons (Fsp3) is 0.190. The van der Waals surface area contributed by atoms with Gasteiger partial charge in [-0.2, -0.15) is 10.2 Å². The van der Waals surface area contributed by atoms with Gasteiger partial charge in [-0.1, -0.05) is 32.0 Å². The van der Waals surface area contributed by atoms with Crippen molar-refractivity contribution in [3.63, 3.8) is 0 Å². The van der Waals surface area contributed by atoms with E-state index in [1.165, 1.54) is 11.0 Å². The quantitative estimate of drug-likeness (QED) is 0.567. The van der Waals surface area contributed by atoms with Crippen molar-refractivity contribution < 1.29 is 4.79 Å². The number of anilines is 1. The molecule has 4 rings (SSSR count). The van der Waals surface area contributed by atoms with Gasteiger partial charge in [-0.25, -0.2) is 14.3 Å². The van der Waals surface area contributed by atoms with Crippen LogP contribution in [0, 0.1) is 5.92 Å². The van der Waals surface area contributed by atoms with Crippen LogP contribution in [0.3, 0.4) is 0 Å². The molecule has 29 heavy (non-hydrogen) atoms. The number of carbonyl (C=O) groups is 1. The molecular weight excluding hydrogens is 368 g/mol. The van der Waals surface area contributed by atoms with E-state index in [1.807, 2.05) is 26.0 Å². The van der Waals surface area contributed by atoms with E-state index in [1.54, 1.807) is 47.4 Å². The molecular formula is C21H20N6O2. The highest BCUT2D eigenvalue weighted by Gasteiger charge is 2.17. The summed E-state index contributed by atoms with van der Waals surface area (Å²) in [5.41, 5.74) is 1.48. The van der Waals surface area contributed by atoms with Gasteiger partial charge in [0.2, 0.25) is 0 Å². The molecule has 0 unspecified atom stereocenters. The molecule has 0 saturated carbocycles. The van der Waals surface area contributed by atoms with E-state index in [0.717, 1.165) is 5.69 Å². The second kappa shape index (κ2) is 7.67. The number of hydrogen-bond acceptors (Lipinski definition) is 5. The molecule has 146 valence electrons. The third-order valence-electron chi connectivity index (χ3n) is 4.43. The monoisotopic (exact) mass is 388 g/mol. The number of benzene rings is 2. The Kier molecular flexibility index (Phi) is 4.90. The average Bonchev–Trinajstić information content (AvgIpc) is 3.25. The molecule has 2 aromatic heterocycles. The molecule has 1 N–H and O–H groups in total. The van der Waals surface area contributed by atoms with Gasteiger partial charge in [0.05, 0.1) is 11.1 Å². The van der Waals surface area contributed by atoms with E-state index in [0.29, 0.717) is 23.0 Å². The number of amides is 1. The Labute approximate surface area is 166 Å². The van der Waals surface area contributed by atoms with Gasteiger partial charge in [0.15, 0.2) is 5.69 Å². The van der Waals surface area contributed by atoms with E-state index >= 15 is 0 Å². The molecule has 8 nitrogen and oxygen atoms in total. The topological polar surface area (TPSA) is 94.7 Å². The summed E-state index contributed by atoms with van der Waals surface area (Å²) in [7, 11) is 0. The maximum Gasteiger partial charge on any atom is 0.276 e. The maximum atomic E-state index is 13.0. The Balaban J connectivity index is 1.67. The van der Waals surface area contributed by atoms with Crippen LogP contribution >= 0.6 is 0 Å². The van der Waals surface area contributed by atoms with Crippen molar-refractivity contribution in [3.05, 3.63) is 77.2 Å². The van der Waals surface area contributed by atoms with Crippen molar-refractivity contribution in [1.82, 2.24) is 24.5 Å². The van der Waals surface area contributed by atoms with Gasteiger partial charge < -0.3 is 5.32 Å². The molecule has 1 amide bonds. The third-order valence-corrected chi connectivity index (χ3v) is 4.43. The minimum atomic E-state index is -0.368. The largest absolute Gasteiger partial charge is 0.321 e. The normalized spacial score (nSPS) is 11.1. The summed E-state index contributed by atoms with van der Waals surface area (Å²) >= 11 is 0. The van der Waals surface area contributed by atoms with Crippen LogP contribution in [0.15, 0.2) is 66.0 Å². The van der Waals surface area contributed by atoms with Gasteiger partial charge >= 0.3 is 0 Å². The Morgan fingerprint density at radius 3 is 2.45 bits per heavy atom. The Morgan fingerprint density at radius 1 is 1.07 bits per heavy atom. The first kappa shape index (κ1) is 18.5. The van der Waals surface area contributed by atoms with E-state index in [-0.39, 0.29) is 23.1 Å². The summed E-state index contributed by atoms with van der Waals surface area (Å²) < 4.78 is 3.00. The van der Waals surface area contributed by atoms with E-state index < -0.39 is 0 Å². The Hall–Kier alpha value is -3.81. The van der Waals surface area contributed by atoms with Crippen LogP contribution < -0.4 is 10.9 Å². The molecule has 0 bridgehead atoms. The lowest BCUT2D eigenvalue weighted by Crippen LogP contribution is -2.29. The second-order valence-corrected chi connectivity index (χ2v) is 7.12. The fourth-order valence-corrected chi connectivity index (χ4v) is 3.10. The molecule has 2 heterocycles. The fourth-order valence-electron chi connectivity index (χ4n) is 3.10. The number of carbonyl (C=O) groups excluding carboxylic acids is 1. The Bertz CT molecular complexity index is 1210. The first-order chi connectivity index (χ1) is 14.0. The predicted molar refractivity (Wildman–Crippen MR) is 110 cm³/mol. The van der Waals surface area contributed by atoms with Gasteiger partial charge in [-0.15, -0.1) is 0 Å². The summed E-state index contributed by atoms with van der Waals surface area (Å²) in [5, 5.41) is 12.3. The molecule has 2 aromatic carbocycles. The number of nitrogens with one attached hydrogen (secondary N) is 1. The smallest absolute Gasteiger partial charge is 0.276 e. The third kappa shape index (κ3) is 3.77. The standard InChI is InChI=1S/C21H20N6O2/c1-14(2)11-26-21(29)18-6-4-3-5-17(18)19(25-26)20(28)24-15-7-9-16(10-8-15)27-13-22-12-23-27/h3-10,12-14H,11H2,1-2H3,(H,24,28). The summed E-state index contributed by atoms with van der Waals surface area (Å²) in [6.07, 6.45) is 3.06. The van der Waals surface area contributed by atoms with Crippen molar-refractivity contribution in [3.8, 4) is 5.69 Å². The molecule has 0 aliphatic heterocycles. The highest BCUT2D eigenvalue weighted by molar-refractivity contribution is 6.11. The molecule has 0 aliphatic carbocycles. The van der Waals surface area contributed by atoms with Crippen molar-refractivity contribution >= 4 is 22.4 Å². The van der Waals surface area contributed by atoms with Crippen LogP contribution in [0.1, 0.15) is 24.3 Å². The zero-order valence-corrected chi connectivity index (χ0v) is 16.1. The summed E-state index contributed by atoms with van der Waals surface area (Å²) in [5.74, 6) is -0.145. The maximum absolute atomic E-state index is 13.0. The minimum absolute atomic E-state index is 0.192. The molecule has 0 saturated heterocycles. The van der Waals surface area contributed by atoms with E-state index in [4.69, 9.17) is 0 Å². The predicted octanol–water partition coefficient (Wildman–Crippen LogP) is 2.89. The van der Waals surface area contributed by atoms with E-state index in [2.05, 4.69) is 20.5 Å². The van der Waals surface area contributed by atoms with Crippen LogP contribution in [-0.4, -0.2) is 30.5 Å². The van der Waals surface area contributed by atoms with Crippen LogP contribution in [0.5, 0.6) is 0 Å². The molecule has 0 radical (unpaired) electrons. The lowest BCUT2D eigenvalue weighted by molar-refractivity contribution is 0.102. The van der Waals surface area contributed by atoms with Crippen LogP contribution in [0.25, 0.3) is 16.5 Å². The molecule has 0 spiro atoms. The SMILES string of the molecule is CC(C)Cn1nc(C(=O)Nc2ccc(-n3cncn3)cc2)c2ccccc2c1=O. The molecule has 0 aliphatic rings. The van der Waals surface area contributed by atoms with Gasteiger partial charge in [0, 0.05) is 17.6 Å². The average molecular weight is 388 g/mol. The van der Waals surface area contributed by atoms with Crippen molar-refractivity contribution in [1.29, 1.82) is 0 Å². The number of nitrogens with zero attached hydrogens (tertiary/aromatic N) is 5. The van der Waals surface area contributed by atoms with Crippen molar-refractivity contribution in [2.45, 2.75) is 20.4 Å². The molecule has 4 aromatic rings. The number of fused-ring (bicyclic) bond motifs is 1. The van der Waals surface area contributed by atoms with Gasteiger partial charge in [0.1, 0.15) is 12.7 Å².